The molecule has 5 rings (SSSR count). The summed E-state index contributed by atoms with van der Waals surface area (Å²) in [5.41, 5.74) is 4.33. The van der Waals surface area contributed by atoms with E-state index in [-0.39, 0.29) is 11.3 Å². The number of amidine groups is 1. The van der Waals surface area contributed by atoms with E-state index < -0.39 is 5.54 Å². The fourth-order valence-electron chi connectivity index (χ4n) is 5.55. The average Bonchev–Trinajstić information content (AvgIpc) is 2.96. The van der Waals surface area contributed by atoms with Gasteiger partial charge in [0.2, 0.25) is 0 Å². The van der Waals surface area contributed by atoms with E-state index in [1.165, 1.54) is 16.7 Å². The van der Waals surface area contributed by atoms with E-state index in [1.807, 2.05) is 14.0 Å². The number of fused-ring (bicyclic) bond motifs is 4. The van der Waals surface area contributed by atoms with Crippen LogP contribution in [-0.2, 0) is 29.6 Å². The zero-order valence-electron chi connectivity index (χ0n) is 15.8. The number of carbonyl (C=O) groups excluding carboxylic acids is 1. The summed E-state index contributed by atoms with van der Waals surface area (Å²) in [4.78, 5) is 20.5. The van der Waals surface area contributed by atoms with Gasteiger partial charge in [0.1, 0.15) is 5.84 Å². The van der Waals surface area contributed by atoms with Crippen molar-refractivity contribution in [3.63, 3.8) is 0 Å². The van der Waals surface area contributed by atoms with Crippen molar-refractivity contribution in [2.24, 2.45) is 10.4 Å². The highest BCUT2D eigenvalue weighted by atomic mass is 79.9. The van der Waals surface area contributed by atoms with Crippen LogP contribution in [-0.4, -0.2) is 23.7 Å². The summed E-state index contributed by atoms with van der Waals surface area (Å²) in [6.45, 7) is 1.96. The van der Waals surface area contributed by atoms with Crippen molar-refractivity contribution >= 4 is 27.7 Å². The van der Waals surface area contributed by atoms with Gasteiger partial charge in [-0.2, -0.15) is 0 Å². The molecule has 0 N–H and O–H groups in total. The first-order chi connectivity index (χ1) is 13.0. The van der Waals surface area contributed by atoms with Crippen LogP contribution in [0.3, 0.4) is 0 Å². The average molecular weight is 423 g/mol. The smallest absolute Gasteiger partial charge is 0.260 e. The van der Waals surface area contributed by atoms with Crippen molar-refractivity contribution in [1.29, 1.82) is 0 Å². The summed E-state index contributed by atoms with van der Waals surface area (Å²) in [6, 6.07) is 15.2. The van der Waals surface area contributed by atoms with E-state index in [0.717, 1.165) is 48.0 Å². The van der Waals surface area contributed by atoms with E-state index in [2.05, 4.69) is 58.4 Å². The highest BCUT2D eigenvalue weighted by Gasteiger charge is 2.65. The van der Waals surface area contributed by atoms with Gasteiger partial charge in [0.15, 0.2) is 5.54 Å². The number of nitrogens with zero attached hydrogens (tertiary/aromatic N) is 2. The molecule has 2 spiro atoms. The van der Waals surface area contributed by atoms with E-state index >= 15 is 0 Å². The van der Waals surface area contributed by atoms with Crippen molar-refractivity contribution in [2.75, 3.05) is 7.05 Å². The van der Waals surface area contributed by atoms with Gasteiger partial charge >= 0.3 is 0 Å². The Hall–Kier alpha value is -1.94. The first-order valence-corrected chi connectivity index (χ1v) is 10.5. The maximum absolute atomic E-state index is 13.7. The minimum Gasteiger partial charge on any atom is -0.302 e. The van der Waals surface area contributed by atoms with Crippen LogP contribution in [0.5, 0.6) is 0 Å². The van der Waals surface area contributed by atoms with Gasteiger partial charge in [0.25, 0.3) is 5.91 Å². The Labute approximate surface area is 168 Å². The molecular weight excluding hydrogens is 400 g/mol. The Bertz CT molecular complexity index is 969. The number of rotatable bonds is 0. The van der Waals surface area contributed by atoms with Crippen LogP contribution in [0.4, 0.5) is 0 Å². The Kier molecular flexibility index (Phi) is 3.68. The van der Waals surface area contributed by atoms with Crippen LogP contribution in [0.15, 0.2) is 51.9 Å². The number of hydrogen-bond acceptors (Lipinski definition) is 2. The predicted molar refractivity (Wildman–Crippen MR) is 111 cm³/mol. The zero-order valence-corrected chi connectivity index (χ0v) is 17.3. The number of halogens is 1. The lowest BCUT2D eigenvalue weighted by Crippen LogP contribution is -2.49. The first kappa shape index (κ1) is 17.2. The third kappa shape index (κ3) is 2.19. The molecule has 0 aromatic heterocycles. The molecule has 1 aliphatic heterocycles. The molecule has 0 fully saturated rings. The van der Waals surface area contributed by atoms with Gasteiger partial charge in [-0.3, -0.25) is 9.79 Å². The van der Waals surface area contributed by atoms with Crippen molar-refractivity contribution < 1.29 is 4.79 Å². The molecule has 27 heavy (non-hydrogen) atoms. The Morgan fingerprint density at radius 3 is 2.30 bits per heavy atom. The SMILES string of the molecule is CC1=NC2(C(=O)N1C)c1cc(Br)ccc1CC21CCc2ccccc2CC1. The normalized spacial score (nSPS) is 25.5. The van der Waals surface area contributed by atoms with E-state index in [0.29, 0.717) is 0 Å². The lowest BCUT2D eigenvalue weighted by molar-refractivity contribution is -0.135. The van der Waals surface area contributed by atoms with Gasteiger partial charge in [-0.25, -0.2) is 0 Å². The van der Waals surface area contributed by atoms with Crippen LogP contribution in [0.25, 0.3) is 0 Å². The number of aryl methyl sites for hydroxylation is 2. The van der Waals surface area contributed by atoms with Crippen molar-refractivity contribution in [3.05, 3.63) is 69.2 Å². The topological polar surface area (TPSA) is 32.7 Å². The molecule has 1 amide bonds. The summed E-state index contributed by atoms with van der Waals surface area (Å²) in [5.74, 6) is 0.969. The highest BCUT2D eigenvalue weighted by molar-refractivity contribution is 9.10. The van der Waals surface area contributed by atoms with Crippen LogP contribution < -0.4 is 0 Å². The minimum atomic E-state index is -0.771. The van der Waals surface area contributed by atoms with Crippen LogP contribution >= 0.6 is 15.9 Å². The van der Waals surface area contributed by atoms with Gasteiger partial charge in [0.05, 0.1) is 0 Å². The molecule has 3 aliphatic rings. The highest BCUT2D eigenvalue weighted by Crippen LogP contribution is 2.61. The fraction of sp³-hybridized carbons (Fsp3) is 0.391. The molecule has 4 heteroatoms. The molecule has 0 radical (unpaired) electrons. The molecule has 0 saturated heterocycles. The lowest BCUT2D eigenvalue weighted by atomic mass is 9.65. The number of benzene rings is 2. The number of hydrogen-bond donors (Lipinski definition) is 0. The number of likely N-dealkylation sites (N-methyl/N-ethyl adjacent to an activating group) is 1. The lowest BCUT2D eigenvalue weighted by Gasteiger charge is -2.40. The molecule has 2 aliphatic carbocycles. The first-order valence-electron chi connectivity index (χ1n) is 9.67. The molecule has 3 nitrogen and oxygen atoms in total. The van der Waals surface area contributed by atoms with Gasteiger partial charge in [-0.15, -0.1) is 0 Å². The van der Waals surface area contributed by atoms with Crippen molar-refractivity contribution in [2.45, 2.75) is 44.6 Å². The summed E-state index contributed by atoms with van der Waals surface area (Å²) >= 11 is 3.62. The van der Waals surface area contributed by atoms with Crippen molar-refractivity contribution in [3.8, 4) is 0 Å². The zero-order chi connectivity index (χ0) is 18.8. The quantitative estimate of drug-likeness (QED) is 0.607. The molecular formula is C23H23BrN2O. The number of aliphatic imine (C=N–C) groups is 1. The Balaban J connectivity index is 1.70. The molecule has 138 valence electrons. The standard InChI is InChI=1S/C23H23BrN2O/c1-15-25-23(21(27)26(15)2)20-13-19(24)8-7-18(20)14-22(23)11-9-16-5-3-4-6-17(16)10-12-22/h3-8,13H,9-12,14H2,1-2H3. The molecule has 0 bridgehead atoms. The summed E-state index contributed by atoms with van der Waals surface area (Å²) in [7, 11) is 1.87. The van der Waals surface area contributed by atoms with Gasteiger partial charge in [-0.05, 0) is 73.4 Å². The molecule has 1 unspecified atom stereocenters. The Morgan fingerprint density at radius 2 is 1.70 bits per heavy atom. The maximum atomic E-state index is 13.7. The second kappa shape index (κ2) is 5.78. The largest absolute Gasteiger partial charge is 0.302 e. The maximum Gasteiger partial charge on any atom is 0.260 e. The van der Waals surface area contributed by atoms with Gasteiger partial charge in [-0.1, -0.05) is 46.3 Å². The minimum absolute atomic E-state index is 0.141. The Morgan fingerprint density at radius 1 is 1.04 bits per heavy atom. The third-order valence-corrected chi connectivity index (χ3v) is 7.54. The number of carbonyl (C=O) groups is 1. The predicted octanol–water partition coefficient (Wildman–Crippen LogP) is 4.66. The molecule has 2 aromatic rings. The van der Waals surface area contributed by atoms with Crippen molar-refractivity contribution in [1.82, 2.24) is 4.90 Å². The molecule has 0 saturated carbocycles. The summed E-state index contributed by atoms with van der Waals surface area (Å²) in [5, 5.41) is 0. The van der Waals surface area contributed by atoms with Crippen LogP contribution in [0, 0.1) is 5.41 Å². The van der Waals surface area contributed by atoms with Crippen LogP contribution in [0.1, 0.15) is 42.0 Å². The fourth-order valence-corrected chi connectivity index (χ4v) is 5.91. The summed E-state index contributed by atoms with van der Waals surface area (Å²) in [6.07, 6.45) is 4.94. The molecule has 2 aromatic carbocycles. The number of amides is 1. The van der Waals surface area contributed by atoms with Gasteiger partial charge < -0.3 is 4.90 Å². The van der Waals surface area contributed by atoms with Crippen LogP contribution in [0.2, 0.25) is 0 Å². The van der Waals surface area contributed by atoms with Gasteiger partial charge in [0, 0.05) is 16.9 Å². The third-order valence-electron chi connectivity index (χ3n) is 7.05. The van der Waals surface area contributed by atoms with E-state index in [1.54, 1.807) is 4.90 Å². The molecule has 1 heterocycles. The van der Waals surface area contributed by atoms with E-state index in [9.17, 15) is 4.79 Å². The monoisotopic (exact) mass is 422 g/mol. The summed E-state index contributed by atoms with van der Waals surface area (Å²) < 4.78 is 1.02. The van der Waals surface area contributed by atoms with E-state index in [4.69, 9.17) is 4.99 Å². The second-order valence-corrected chi connectivity index (χ2v) is 9.18. The second-order valence-electron chi connectivity index (χ2n) is 8.26. The molecule has 1 atom stereocenters.